The van der Waals surface area contributed by atoms with Gasteiger partial charge in [0.25, 0.3) is 0 Å². The normalized spacial score (nSPS) is 13.3. The van der Waals surface area contributed by atoms with E-state index in [-0.39, 0.29) is 11.5 Å². The second-order valence-electron chi connectivity index (χ2n) is 6.72. The Morgan fingerprint density at radius 2 is 1.95 bits per heavy atom. The molecule has 20 heavy (non-hydrogen) atoms. The lowest BCUT2D eigenvalue weighted by molar-refractivity contribution is 0.215. The highest BCUT2D eigenvalue weighted by atomic mass is 16.5. The molecule has 0 saturated heterocycles. The zero-order valence-electron chi connectivity index (χ0n) is 14.0. The van der Waals surface area contributed by atoms with Gasteiger partial charge in [-0.25, -0.2) is 0 Å². The maximum absolute atomic E-state index is 6.03. The number of benzene rings is 1. The molecule has 0 spiro atoms. The third-order valence-corrected chi connectivity index (χ3v) is 3.51. The van der Waals surface area contributed by atoms with Crippen LogP contribution in [0.2, 0.25) is 0 Å². The Morgan fingerprint density at radius 3 is 2.50 bits per heavy atom. The molecule has 0 amide bonds. The molecule has 0 fully saturated rings. The highest BCUT2D eigenvalue weighted by Crippen LogP contribution is 2.27. The van der Waals surface area contributed by atoms with E-state index in [0.29, 0.717) is 0 Å². The summed E-state index contributed by atoms with van der Waals surface area (Å²) in [5.41, 5.74) is 2.77. The van der Waals surface area contributed by atoms with Crippen LogP contribution < -0.4 is 10.1 Å². The Balaban J connectivity index is 2.56. The first-order valence-corrected chi connectivity index (χ1v) is 7.83. The molecule has 0 aliphatic rings. The van der Waals surface area contributed by atoms with E-state index in [0.717, 1.165) is 18.8 Å². The van der Waals surface area contributed by atoms with Gasteiger partial charge in [0, 0.05) is 6.54 Å². The van der Waals surface area contributed by atoms with Gasteiger partial charge in [0.05, 0.1) is 0 Å². The van der Waals surface area contributed by atoms with E-state index >= 15 is 0 Å². The molecule has 114 valence electrons. The van der Waals surface area contributed by atoms with Gasteiger partial charge in [-0.05, 0) is 49.4 Å². The van der Waals surface area contributed by atoms with Gasteiger partial charge in [0.2, 0.25) is 0 Å². The number of rotatable bonds is 7. The third-order valence-electron chi connectivity index (χ3n) is 3.51. The summed E-state index contributed by atoms with van der Waals surface area (Å²) < 4.78 is 6.03. The van der Waals surface area contributed by atoms with Crippen LogP contribution in [-0.4, -0.2) is 19.2 Å². The number of nitrogens with one attached hydrogen (secondary N) is 1. The second kappa shape index (κ2) is 7.68. The summed E-state index contributed by atoms with van der Waals surface area (Å²) in [5, 5.41) is 3.44. The SMILES string of the molecule is CCCCNCC(C)Oc1ccc(C(C)(C)C)cc1C. The van der Waals surface area contributed by atoms with Gasteiger partial charge in [0.15, 0.2) is 0 Å². The van der Waals surface area contributed by atoms with Crippen LogP contribution in [0.15, 0.2) is 18.2 Å². The molecule has 1 N–H and O–H groups in total. The Labute approximate surface area is 124 Å². The van der Waals surface area contributed by atoms with Gasteiger partial charge in [-0.1, -0.05) is 46.2 Å². The molecule has 1 rings (SSSR count). The van der Waals surface area contributed by atoms with Crippen molar-refractivity contribution in [1.82, 2.24) is 5.32 Å². The molecule has 0 bridgehead atoms. The first-order valence-electron chi connectivity index (χ1n) is 7.83. The molecule has 0 aliphatic carbocycles. The number of ether oxygens (including phenoxy) is 1. The fourth-order valence-corrected chi connectivity index (χ4v) is 2.11. The average Bonchev–Trinajstić information content (AvgIpc) is 2.36. The van der Waals surface area contributed by atoms with Crippen molar-refractivity contribution in [1.29, 1.82) is 0 Å². The van der Waals surface area contributed by atoms with Crippen LogP contribution in [0, 0.1) is 6.92 Å². The maximum Gasteiger partial charge on any atom is 0.122 e. The lowest BCUT2D eigenvalue weighted by atomic mass is 9.86. The summed E-state index contributed by atoms with van der Waals surface area (Å²) in [6.07, 6.45) is 2.66. The summed E-state index contributed by atoms with van der Waals surface area (Å²) in [7, 11) is 0. The van der Waals surface area contributed by atoms with Crippen LogP contribution in [0.4, 0.5) is 0 Å². The molecule has 2 heteroatoms. The molecule has 0 saturated carbocycles. The number of unbranched alkanes of at least 4 members (excludes halogenated alkanes) is 1. The van der Waals surface area contributed by atoms with E-state index in [2.05, 4.69) is 65.1 Å². The van der Waals surface area contributed by atoms with Crippen molar-refractivity contribution < 1.29 is 4.74 Å². The van der Waals surface area contributed by atoms with Crippen molar-refractivity contribution in [3.05, 3.63) is 29.3 Å². The van der Waals surface area contributed by atoms with Crippen molar-refractivity contribution >= 4 is 0 Å². The molecule has 0 heterocycles. The molecular formula is C18H31NO. The minimum absolute atomic E-state index is 0.191. The predicted molar refractivity (Wildman–Crippen MR) is 87.7 cm³/mol. The van der Waals surface area contributed by atoms with E-state index in [1.807, 2.05) is 0 Å². The maximum atomic E-state index is 6.03. The van der Waals surface area contributed by atoms with Crippen LogP contribution in [0.5, 0.6) is 5.75 Å². The summed E-state index contributed by atoms with van der Waals surface area (Å²) in [4.78, 5) is 0. The van der Waals surface area contributed by atoms with Crippen LogP contribution in [-0.2, 0) is 5.41 Å². The van der Waals surface area contributed by atoms with Gasteiger partial charge >= 0.3 is 0 Å². The fourth-order valence-electron chi connectivity index (χ4n) is 2.11. The van der Waals surface area contributed by atoms with Gasteiger partial charge in [-0.3, -0.25) is 0 Å². The molecule has 1 atom stereocenters. The second-order valence-corrected chi connectivity index (χ2v) is 6.72. The quantitative estimate of drug-likeness (QED) is 0.743. The lowest BCUT2D eigenvalue weighted by Crippen LogP contribution is -2.29. The van der Waals surface area contributed by atoms with Gasteiger partial charge in [-0.2, -0.15) is 0 Å². The zero-order valence-corrected chi connectivity index (χ0v) is 14.0. The van der Waals surface area contributed by atoms with Crippen LogP contribution in [0.3, 0.4) is 0 Å². The topological polar surface area (TPSA) is 21.3 Å². The molecule has 0 aliphatic heterocycles. The number of hydrogen-bond acceptors (Lipinski definition) is 2. The largest absolute Gasteiger partial charge is 0.489 e. The Morgan fingerprint density at radius 1 is 1.25 bits per heavy atom. The third kappa shape index (κ3) is 5.54. The van der Waals surface area contributed by atoms with E-state index < -0.39 is 0 Å². The molecule has 1 unspecified atom stereocenters. The Hall–Kier alpha value is -1.02. The molecular weight excluding hydrogens is 246 g/mol. The predicted octanol–water partition coefficient (Wildman–Crippen LogP) is 4.45. The number of aryl methyl sites for hydroxylation is 1. The van der Waals surface area contributed by atoms with Crippen molar-refractivity contribution in [2.45, 2.75) is 65.9 Å². The number of hydrogen-bond donors (Lipinski definition) is 1. The fraction of sp³-hybridized carbons (Fsp3) is 0.667. The first-order chi connectivity index (χ1) is 9.34. The van der Waals surface area contributed by atoms with Crippen LogP contribution in [0.25, 0.3) is 0 Å². The minimum Gasteiger partial charge on any atom is -0.489 e. The molecule has 2 nitrogen and oxygen atoms in total. The van der Waals surface area contributed by atoms with E-state index in [4.69, 9.17) is 4.74 Å². The molecule has 1 aromatic carbocycles. The molecule has 0 radical (unpaired) electrons. The Kier molecular flexibility index (Phi) is 6.54. The molecule has 0 aromatic heterocycles. The van der Waals surface area contributed by atoms with Gasteiger partial charge < -0.3 is 10.1 Å². The summed E-state index contributed by atoms with van der Waals surface area (Å²) >= 11 is 0. The smallest absolute Gasteiger partial charge is 0.122 e. The van der Waals surface area contributed by atoms with Crippen LogP contribution in [0.1, 0.15) is 58.6 Å². The standard InChI is InChI=1S/C18H31NO/c1-7-8-11-19-13-15(3)20-17-10-9-16(12-14(17)2)18(4,5)6/h9-10,12,15,19H,7-8,11,13H2,1-6H3. The van der Waals surface area contributed by atoms with E-state index in [9.17, 15) is 0 Å². The van der Waals surface area contributed by atoms with E-state index in [1.54, 1.807) is 0 Å². The average molecular weight is 277 g/mol. The lowest BCUT2D eigenvalue weighted by Gasteiger charge is -2.22. The summed E-state index contributed by atoms with van der Waals surface area (Å²) in [5.74, 6) is 1.00. The van der Waals surface area contributed by atoms with Crippen molar-refractivity contribution in [2.24, 2.45) is 0 Å². The highest BCUT2D eigenvalue weighted by Gasteiger charge is 2.15. The van der Waals surface area contributed by atoms with Crippen molar-refractivity contribution in [2.75, 3.05) is 13.1 Å². The summed E-state index contributed by atoms with van der Waals surface area (Å²) in [6, 6.07) is 6.53. The van der Waals surface area contributed by atoms with Gasteiger partial charge in [0.1, 0.15) is 11.9 Å². The molecule has 1 aromatic rings. The Bertz CT molecular complexity index is 406. The highest BCUT2D eigenvalue weighted by molar-refractivity contribution is 5.38. The van der Waals surface area contributed by atoms with Gasteiger partial charge in [-0.15, -0.1) is 0 Å². The zero-order chi connectivity index (χ0) is 15.2. The van der Waals surface area contributed by atoms with Crippen molar-refractivity contribution in [3.8, 4) is 5.75 Å². The van der Waals surface area contributed by atoms with E-state index in [1.165, 1.54) is 24.0 Å². The summed E-state index contributed by atoms with van der Waals surface area (Å²) in [6.45, 7) is 15.2. The van der Waals surface area contributed by atoms with Crippen LogP contribution >= 0.6 is 0 Å². The van der Waals surface area contributed by atoms with Crippen molar-refractivity contribution in [3.63, 3.8) is 0 Å². The first kappa shape index (κ1) is 17.0. The minimum atomic E-state index is 0.191. The monoisotopic (exact) mass is 277 g/mol.